The Bertz CT molecular complexity index is 619. The molecular formula is C12H16BrFN2O3S. The van der Waals surface area contributed by atoms with Crippen LogP contribution in [0, 0.1) is 5.82 Å². The third-order valence-corrected chi connectivity index (χ3v) is 4.26. The number of likely N-dealkylation sites (N-methyl/N-ethyl adjacent to an activating group) is 1. The van der Waals surface area contributed by atoms with E-state index in [1.165, 1.54) is 6.07 Å². The monoisotopic (exact) mass is 366 g/mol. The van der Waals surface area contributed by atoms with Gasteiger partial charge < -0.3 is 10.6 Å². The van der Waals surface area contributed by atoms with Crippen molar-refractivity contribution in [1.82, 2.24) is 10.6 Å². The molecule has 0 saturated carbocycles. The van der Waals surface area contributed by atoms with Crippen LogP contribution in [0.5, 0.6) is 0 Å². The van der Waals surface area contributed by atoms with Crippen LogP contribution in [0.15, 0.2) is 21.5 Å². The molecule has 1 rings (SSSR count). The van der Waals surface area contributed by atoms with Crippen molar-refractivity contribution >= 4 is 31.7 Å². The molecule has 0 bridgehead atoms. The largest absolute Gasteiger partial charge is 0.350 e. The van der Waals surface area contributed by atoms with Crippen LogP contribution >= 0.6 is 15.9 Å². The number of hydrogen-bond acceptors (Lipinski definition) is 4. The number of carbonyl (C=O) groups excluding carboxylic acids is 1. The van der Waals surface area contributed by atoms with E-state index >= 15 is 0 Å². The second-order valence-electron chi connectivity index (χ2n) is 4.44. The van der Waals surface area contributed by atoms with Gasteiger partial charge in [-0.25, -0.2) is 12.8 Å². The van der Waals surface area contributed by atoms with E-state index in [9.17, 15) is 17.6 Å². The average Bonchev–Trinajstić information content (AvgIpc) is 2.36. The number of carbonyl (C=O) groups is 1. The molecule has 0 radical (unpaired) electrons. The Morgan fingerprint density at radius 3 is 2.55 bits per heavy atom. The van der Waals surface area contributed by atoms with Crippen LogP contribution in [0.1, 0.15) is 17.3 Å². The lowest BCUT2D eigenvalue weighted by molar-refractivity contribution is 0.0946. The molecule has 1 aromatic rings. The molecule has 0 aliphatic carbocycles. The zero-order chi connectivity index (χ0) is 15.5. The zero-order valence-electron chi connectivity index (χ0n) is 11.3. The molecule has 20 heavy (non-hydrogen) atoms. The molecule has 112 valence electrons. The number of halogens is 2. The van der Waals surface area contributed by atoms with E-state index in [1.807, 2.05) is 6.92 Å². The van der Waals surface area contributed by atoms with Crippen LogP contribution < -0.4 is 10.6 Å². The van der Waals surface area contributed by atoms with E-state index in [-0.39, 0.29) is 11.6 Å². The van der Waals surface area contributed by atoms with Gasteiger partial charge in [0.25, 0.3) is 5.91 Å². The first-order chi connectivity index (χ1) is 9.16. The highest BCUT2D eigenvalue weighted by Gasteiger charge is 2.22. The summed E-state index contributed by atoms with van der Waals surface area (Å²) in [5, 5.41) is 5.46. The Balaban J connectivity index is 3.13. The van der Waals surface area contributed by atoms with Crippen molar-refractivity contribution in [2.75, 3.05) is 19.8 Å². The lowest BCUT2D eigenvalue weighted by atomic mass is 10.2. The predicted molar refractivity (Wildman–Crippen MR) is 78.1 cm³/mol. The van der Waals surface area contributed by atoms with Crippen molar-refractivity contribution in [3.63, 3.8) is 0 Å². The minimum Gasteiger partial charge on any atom is -0.350 e. The summed E-state index contributed by atoms with van der Waals surface area (Å²) in [6.45, 7) is 2.15. The quantitative estimate of drug-likeness (QED) is 0.824. The highest BCUT2D eigenvalue weighted by Crippen LogP contribution is 2.24. The van der Waals surface area contributed by atoms with Crippen molar-refractivity contribution in [3.8, 4) is 0 Å². The number of hydrogen-bond donors (Lipinski definition) is 2. The molecule has 8 heteroatoms. The third-order valence-electron chi connectivity index (χ3n) is 2.71. The number of sulfone groups is 1. The Morgan fingerprint density at radius 1 is 1.45 bits per heavy atom. The van der Waals surface area contributed by atoms with E-state index in [0.717, 1.165) is 12.3 Å². The minimum atomic E-state index is -3.75. The second kappa shape index (κ2) is 6.64. The maximum atomic E-state index is 14.1. The van der Waals surface area contributed by atoms with Crippen LogP contribution in [-0.2, 0) is 9.84 Å². The number of benzene rings is 1. The summed E-state index contributed by atoms with van der Waals surface area (Å²) in [6, 6.07) is 2.41. The molecule has 0 spiro atoms. The van der Waals surface area contributed by atoms with Crippen LogP contribution in [0.3, 0.4) is 0 Å². The Morgan fingerprint density at radius 2 is 2.05 bits per heavy atom. The Labute approximate surface area is 126 Å². The molecular weight excluding hydrogens is 351 g/mol. The van der Waals surface area contributed by atoms with Crippen LogP contribution in [0.4, 0.5) is 4.39 Å². The molecule has 5 nitrogen and oxygen atoms in total. The molecule has 0 aliphatic rings. The summed E-state index contributed by atoms with van der Waals surface area (Å²) < 4.78 is 37.4. The SMILES string of the molecule is CNC(C)CNC(=O)c1cc(Br)cc(S(C)(=O)=O)c1F. The van der Waals surface area contributed by atoms with E-state index in [0.29, 0.717) is 11.0 Å². The maximum Gasteiger partial charge on any atom is 0.254 e. The van der Waals surface area contributed by atoms with Gasteiger partial charge in [0.05, 0.1) is 5.56 Å². The van der Waals surface area contributed by atoms with Gasteiger partial charge >= 0.3 is 0 Å². The van der Waals surface area contributed by atoms with Gasteiger partial charge in [0.1, 0.15) is 4.90 Å². The highest BCUT2D eigenvalue weighted by molar-refractivity contribution is 9.10. The lowest BCUT2D eigenvalue weighted by Crippen LogP contribution is -2.37. The fourth-order valence-electron chi connectivity index (χ4n) is 1.44. The first kappa shape index (κ1) is 17.1. The molecule has 2 N–H and O–H groups in total. The lowest BCUT2D eigenvalue weighted by Gasteiger charge is -2.13. The van der Waals surface area contributed by atoms with E-state index in [2.05, 4.69) is 26.6 Å². The molecule has 1 aromatic carbocycles. The molecule has 0 heterocycles. The van der Waals surface area contributed by atoms with Crippen molar-refractivity contribution < 1.29 is 17.6 Å². The summed E-state index contributed by atoms with van der Waals surface area (Å²) in [5.41, 5.74) is -0.303. The summed E-state index contributed by atoms with van der Waals surface area (Å²) >= 11 is 3.08. The standard InChI is InChI=1S/C12H16BrFN2O3S/c1-7(15-2)6-16-12(17)9-4-8(13)5-10(11(9)14)20(3,18)19/h4-5,7,15H,6H2,1-3H3,(H,16,17). The average molecular weight is 367 g/mol. The Kier molecular flexibility index (Phi) is 5.67. The smallest absolute Gasteiger partial charge is 0.254 e. The third kappa shape index (κ3) is 4.26. The minimum absolute atomic E-state index is 0.0172. The predicted octanol–water partition coefficient (Wildman–Crippen LogP) is 1.33. The topological polar surface area (TPSA) is 75.3 Å². The summed E-state index contributed by atoms with van der Waals surface area (Å²) in [4.78, 5) is 11.4. The summed E-state index contributed by atoms with van der Waals surface area (Å²) in [7, 11) is -2.01. The van der Waals surface area contributed by atoms with Crippen LogP contribution in [-0.4, -0.2) is 40.2 Å². The van der Waals surface area contributed by atoms with Gasteiger partial charge in [0, 0.05) is 23.3 Å². The van der Waals surface area contributed by atoms with Crippen molar-refractivity contribution in [1.29, 1.82) is 0 Å². The van der Waals surface area contributed by atoms with Gasteiger partial charge in [-0.15, -0.1) is 0 Å². The summed E-state index contributed by atoms with van der Waals surface area (Å²) in [6.07, 6.45) is 0.891. The van der Waals surface area contributed by atoms with Crippen molar-refractivity contribution in [2.45, 2.75) is 17.9 Å². The second-order valence-corrected chi connectivity index (χ2v) is 7.34. The first-order valence-electron chi connectivity index (χ1n) is 5.81. The summed E-state index contributed by atoms with van der Waals surface area (Å²) in [5.74, 6) is -1.69. The van der Waals surface area contributed by atoms with Gasteiger partial charge in [-0.3, -0.25) is 4.79 Å². The van der Waals surface area contributed by atoms with Crippen LogP contribution in [0.25, 0.3) is 0 Å². The highest BCUT2D eigenvalue weighted by atomic mass is 79.9. The fourth-order valence-corrected chi connectivity index (χ4v) is 2.83. The van der Waals surface area contributed by atoms with E-state index in [1.54, 1.807) is 7.05 Å². The number of amides is 1. The first-order valence-corrected chi connectivity index (χ1v) is 8.49. The Hall–Kier alpha value is -0.990. The van der Waals surface area contributed by atoms with Crippen LogP contribution in [0.2, 0.25) is 0 Å². The van der Waals surface area contributed by atoms with Gasteiger partial charge in [-0.1, -0.05) is 15.9 Å². The van der Waals surface area contributed by atoms with Gasteiger partial charge in [-0.05, 0) is 26.1 Å². The van der Waals surface area contributed by atoms with E-state index < -0.39 is 26.5 Å². The molecule has 0 saturated heterocycles. The molecule has 0 aliphatic heterocycles. The van der Waals surface area contributed by atoms with Crippen molar-refractivity contribution in [3.05, 3.63) is 28.0 Å². The zero-order valence-corrected chi connectivity index (χ0v) is 13.7. The van der Waals surface area contributed by atoms with Crippen molar-refractivity contribution in [2.24, 2.45) is 0 Å². The molecule has 1 atom stereocenters. The fraction of sp³-hybridized carbons (Fsp3) is 0.417. The van der Waals surface area contributed by atoms with Gasteiger partial charge in [0.2, 0.25) is 0 Å². The molecule has 1 unspecified atom stereocenters. The van der Waals surface area contributed by atoms with Gasteiger partial charge in [0.15, 0.2) is 15.7 Å². The number of rotatable bonds is 5. The molecule has 0 fully saturated rings. The number of nitrogens with one attached hydrogen (secondary N) is 2. The van der Waals surface area contributed by atoms with Gasteiger partial charge in [-0.2, -0.15) is 0 Å². The molecule has 1 amide bonds. The normalized spacial score (nSPS) is 13.1. The molecule has 0 aromatic heterocycles. The van der Waals surface area contributed by atoms with E-state index in [4.69, 9.17) is 0 Å². The maximum absolute atomic E-state index is 14.1.